The zero-order chi connectivity index (χ0) is 12.8. The van der Waals surface area contributed by atoms with Gasteiger partial charge in [0.05, 0.1) is 25.9 Å². The Labute approximate surface area is 109 Å². The van der Waals surface area contributed by atoms with Crippen LogP contribution in [0.25, 0.3) is 0 Å². The fraction of sp³-hybridized carbons (Fsp3) is 0.929. The van der Waals surface area contributed by atoms with E-state index >= 15 is 0 Å². The molecule has 2 fully saturated rings. The first-order chi connectivity index (χ1) is 8.81. The van der Waals surface area contributed by atoms with Gasteiger partial charge in [-0.1, -0.05) is 32.1 Å². The molecule has 0 bridgehead atoms. The van der Waals surface area contributed by atoms with Gasteiger partial charge in [-0.15, -0.1) is 0 Å². The Bertz CT molecular complexity index is 264. The Morgan fingerprint density at radius 2 is 2.06 bits per heavy atom. The molecular weight excluding hydrogens is 230 g/mol. The van der Waals surface area contributed by atoms with Gasteiger partial charge in [0.25, 0.3) is 0 Å². The molecule has 1 unspecified atom stereocenters. The van der Waals surface area contributed by atoms with Gasteiger partial charge in [-0.25, -0.2) is 0 Å². The first-order valence-electron chi connectivity index (χ1n) is 7.29. The van der Waals surface area contributed by atoms with E-state index in [0.717, 1.165) is 12.3 Å². The van der Waals surface area contributed by atoms with E-state index in [9.17, 15) is 9.90 Å². The van der Waals surface area contributed by atoms with Gasteiger partial charge in [-0.05, 0) is 12.3 Å². The lowest BCUT2D eigenvalue weighted by Gasteiger charge is -2.35. The summed E-state index contributed by atoms with van der Waals surface area (Å²) in [6.45, 7) is 1.72. The second-order valence-electron chi connectivity index (χ2n) is 5.54. The number of rotatable bonds is 4. The van der Waals surface area contributed by atoms with Crippen molar-refractivity contribution in [1.29, 1.82) is 0 Å². The van der Waals surface area contributed by atoms with Crippen LogP contribution in [-0.4, -0.2) is 48.3 Å². The number of morpholine rings is 1. The first kappa shape index (κ1) is 13.8. The summed E-state index contributed by atoms with van der Waals surface area (Å²) in [7, 11) is 0. The Balaban J connectivity index is 1.75. The largest absolute Gasteiger partial charge is 0.394 e. The second kappa shape index (κ2) is 7.10. The van der Waals surface area contributed by atoms with E-state index in [1.807, 2.05) is 4.90 Å². The van der Waals surface area contributed by atoms with Crippen molar-refractivity contribution in [1.82, 2.24) is 4.90 Å². The zero-order valence-corrected chi connectivity index (χ0v) is 11.1. The number of nitrogens with zero attached hydrogens (tertiary/aromatic N) is 1. The fourth-order valence-electron chi connectivity index (χ4n) is 3.08. The zero-order valence-electron chi connectivity index (χ0n) is 11.1. The summed E-state index contributed by atoms with van der Waals surface area (Å²) >= 11 is 0. The first-order valence-corrected chi connectivity index (χ1v) is 7.29. The van der Waals surface area contributed by atoms with Crippen LogP contribution >= 0.6 is 0 Å². The Kier molecular flexibility index (Phi) is 5.45. The van der Waals surface area contributed by atoms with Crippen LogP contribution in [0.4, 0.5) is 0 Å². The minimum atomic E-state index is -0.127. The number of hydrogen-bond acceptors (Lipinski definition) is 3. The molecule has 0 radical (unpaired) electrons. The molecule has 1 saturated heterocycles. The van der Waals surface area contributed by atoms with Crippen LogP contribution in [0.15, 0.2) is 0 Å². The third kappa shape index (κ3) is 3.69. The molecule has 1 amide bonds. The second-order valence-corrected chi connectivity index (χ2v) is 5.54. The highest BCUT2D eigenvalue weighted by molar-refractivity contribution is 5.76. The van der Waals surface area contributed by atoms with Crippen LogP contribution in [0.5, 0.6) is 0 Å². The molecule has 4 heteroatoms. The topological polar surface area (TPSA) is 49.8 Å². The molecule has 1 heterocycles. The van der Waals surface area contributed by atoms with Gasteiger partial charge in [0, 0.05) is 13.0 Å². The SMILES string of the molecule is O=C(CCC1CCCCC1)N1CCOCC1CO. The van der Waals surface area contributed by atoms with Crippen LogP contribution < -0.4 is 0 Å². The highest BCUT2D eigenvalue weighted by atomic mass is 16.5. The summed E-state index contributed by atoms with van der Waals surface area (Å²) in [4.78, 5) is 14.0. The fourth-order valence-corrected chi connectivity index (χ4v) is 3.08. The van der Waals surface area contributed by atoms with Gasteiger partial charge >= 0.3 is 0 Å². The maximum Gasteiger partial charge on any atom is 0.223 e. The number of aliphatic hydroxyl groups is 1. The smallest absolute Gasteiger partial charge is 0.223 e. The van der Waals surface area contributed by atoms with Gasteiger partial charge in [-0.3, -0.25) is 4.79 Å². The van der Waals surface area contributed by atoms with Crippen molar-refractivity contribution >= 4 is 5.91 Å². The number of aliphatic hydroxyl groups excluding tert-OH is 1. The van der Waals surface area contributed by atoms with Gasteiger partial charge in [0.1, 0.15) is 0 Å². The molecule has 1 aliphatic heterocycles. The van der Waals surface area contributed by atoms with E-state index in [1.165, 1.54) is 32.1 Å². The maximum atomic E-state index is 12.2. The van der Waals surface area contributed by atoms with E-state index in [-0.39, 0.29) is 18.6 Å². The number of carbonyl (C=O) groups is 1. The summed E-state index contributed by atoms with van der Waals surface area (Å²) in [5, 5.41) is 9.25. The lowest BCUT2D eigenvalue weighted by molar-refractivity contribution is -0.142. The van der Waals surface area contributed by atoms with Crippen molar-refractivity contribution in [2.24, 2.45) is 5.92 Å². The molecule has 2 rings (SSSR count). The molecule has 1 aliphatic carbocycles. The van der Waals surface area contributed by atoms with Gasteiger partial charge in [0.2, 0.25) is 5.91 Å². The molecule has 0 spiro atoms. The van der Waals surface area contributed by atoms with Crippen molar-refractivity contribution in [2.45, 2.75) is 51.0 Å². The van der Waals surface area contributed by atoms with Crippen molar-refractivity contribution in [3.63, 3.8) is 0 Å². The third-order valence-electron chi connectivity index (χ3n) is 4.25. The molecular formula is C14H25NO3. The van der Waals surface area contributed by atoms with Crippen LogP contribution in [0.2, 0.25) is 0 Å². The normalized spacial score (nSPS) is 26.3. The van der Waals surface area contributed by atoms with Crippen LogP contribution in [0, 0.1) is 5.92 Å². The van der Waals surface area contributed by atoms with Gasteiger partial charge in [-0.2, -0.15) is 0 Å². The molecule has 18 heavy (non-hydrogen) atoms. The molecule has 0 aromatic carbocycles. The lowest BCUT2D eigenvalue weighted by Crippen LogP contribution is -2.50. The van der Waals surface area contributed by atoms with E-state index in [1.54, 1.807) is 0 Å². The summed E-state index contributed by atoms with van der Waals surface area (Å²) in [5.41, 5.74) is 0. The van der Waals surface area contributed by atoms with Gasteiger partial charge < -0.3 is 14.7 Å². The summed E-state index contributed by atoms with van der Waals surface area (Å²) in [5.74, 6) is 0.944. The summed E-state index contributed by atoms with van der Waals surface area (Å²) < 4.78 is 5.29. The summed E-state index contributed by atoms with van der Waals surface area (Å²) in [6.07, 6.45) is 8.26. The van der Waals surface area contributed by atoms with Crippen molar-refractivity contribution in [2.75, 3.05) is 26.4 Å². The minimum absolute atomic E-state index is 0.00910. The van der Waals surface area contributed by atoms with E-state index < -0.39 is 0 Å². The lowest BCUT2D eigenvalue weighted by atomic mass is 9.86. The standard InChI is InChI=1S/C14H25NO3/c16-10-13-11-18-9-8-15(13)14(17)7-6-12-4-2-1-3-5-12/h12-13,16H,1-11H2. The number of amides is 1. The predicted octanol–water partition coefficient (Wildman–Crippen LogP) is 1.57. The Morgan fingerprint density at radius 3 is 2.78 bits per heavy atom. The monoisotopic (exact) mass is 255 g/mol. The Hall–Kier alpha value is -0.610. The van der Waals surface area contributed by atoms with E-state index in [0.29, 0.717) is 26.2 Å². The molecule has 0 aromatic heterocycles. The molecule has 1 saturated carbocycles. The number of hydrogen-bond donors (Lipinski definition) is 1. The van der Waals surface area contributed by atoms with Gasteiger partial charge in [0.15, 0.2) is 0 Å². The number of carbonyl (C=O) groups excluding carboxylic acids is 1. The molecule has 104 valence electrons. The molecule has 1 atom stereocenters. The highest BCUT2D eigenvalue weighted by Crippen LogP contribution is 2.27. The highest BCUT2D eigenvalue weighted by Gasteiger charge is 2.27. The van der Waals surface area contributed by atoms with Crippen LogP contribution in [0.1, 0.15) is 44.9 Å². The maximum absolute atomic E-state index is 12.2. The third-order valence-corrected chi connectivity index (χ3v) is 4.25. The average Bonchev–Trinajstić information content (AvgIpc) is 2.45. The summed E-state index contributed by atoms with van der Waals surface area (Å²) in [6, 6.07) is -0.127. The molecule has 2 aliphatic rings. The van der Waals surface area contributed by atoms with E-state index in [2.05, 4.69) is 0 Å². The van der Waals surface area contributed by atoms with Crippen molar-refractivity contribution in [3.8, 4) is 0 Å². The van der Waals surface area contributed by atoms with E-state index in [4.69, 9.17) is 4.74 Å². The average molecular weight is 255 g/mol. The molecule has 1 N–H and O–H groups in total. The molecule has 4 nitrogen and oxygen atoms in total. The minimum Gasteiger partial charge on any atom is -0.394 e. The van der Waals surface area contributed by atoms with Crippen LogP contribution in [-0.2, 0) is 9.53 Å². The van der Waals surface area contributed by atoms with Crippen LogP contribution in [0.3, 0.4) is 0 Å². The predicted molar refractivity (Wildman–Crippen MR) is 69.2 cm³/mol. The number of ether oxygens (including phenoxy) is 1. The Morgan fingerprint density at radius 1 is 1.28 bits per heavy atom. The molecule has 0 aromatic rings. The quantitative estimate of drug-likeness (QED) is 0.829. The van der Waals surface area contributed by atoms with Crippen molar-refractivity contribution in [3.05, 3.63) is 0 Å². The van der Waals surface area contributed by atoms with Crippen molar-refractivity contribution < 1.29 is 14.6 Å².